The molecule has 0 N–H and O–H groups in total. The normalized spacial score (nSPS) is 14.2. The molecule has 0 saturated heterocycles. The molecular formula is C19H18FNO2S. The third-order valence-electron chi connectivity index (χ3n) is 4.02. The number of carbonyl (C=O) groups is 2. The number of hydrogen-bond acceptors (Lipinski definition) is 3. The number of imide groups is 1. The average Bonchev–Trinajstić information content (AvgIpc) is 2.79. The van der Waals surface area contributed by atoms with Crippen LogP contribution in [0, 0.1) is 5.82 Å². The molecule has 0 aliphatic carbocycles. The topological polar surface area (TPSA) is 37.4 Å². The van der Waals surface area contributed by atoms with Gasteiger partial charge in [0.25, 0.3) is 11.8 Å². The Morgan fingerprint density at radius 1 is 0.958 bits per heavy atom. The number of rotatable bonds is 5. The van der Waals surface area contributed by atoms with Gasteiger partial charge in [-0.25, -0.2) is 4.39 Å². The van der Waals surface area contributed by atoms with Gasteiger partial charge in [-0.15, -0.1) is 11.8 Å². The lowest BCUT2D eigenvalue weighted by molar-refractivity contribution is 0.0650. The van der Waals surface area contributed by atoms with Crippen molar-refractivity contribution in [2.24, 2.45) is 0 Å². The molecule has 1 aliphatic rings. The molecule has 2 amide bonds. The fourth-order valence-corrected chi connectivity index (χ4v) is 3.80. The van der Waals surface area contributed by atoms with Crippen LogP contribution in [0.15, 0.2) is 53.4 Å². The minimum absolute atomic E-state index is 0.187. The summed E-state index contributed by atoms with van der Waals surface area (Å²) in [5, 5.41) is 0. The van der Waals surface area contributed by atoms with E-state index in [1.54, 1.807) is 48.2 Å². The fourth-order valence-electron chi connectivity index (χ4n) is 2.70. The van der Waals surface area contributed by atoms with Crippen LogP contribution in [-0.4, -0.2) is 28.0 Å². The van der Waals surface area contributed by atoms with Crippen LogP contribution in [0.4, 0.5) is 4.39 Å². The molecule has 0 bridgehead atoms. The molecule has 0 unspecified atom stereocenters. The van der Waals surface area contributed by atoms with Crippen molar-refractivity contribution in [2.75, 3.05) is 6.54 Å². The number of amides is 2. The second-order valence-corrected chi connectivity index (χ2v) is 8.15. The van der Waals surface area contributed by atoms with E-state index in [9.17, 15) is 14.0 Å². The zero-order valence-electron chi connectivity index (χ0n) is 13.6. The van der Waals surface area contributed by atoms with E-state index in [2.05, 4.69) is 13.8 Å². The monoisotopic (exact) mass is 343 g/mol. The van der Waals surface area contributed by atoms with Gasteiger partial charge in [-0.2, -0.15) is 0 Å². The average molecular weight is 343 g/mol. The molecule has 1 aliphatic heterocycles. The Bertz CT molecular complexity index is 751. The fraction of sp³-hybridized carbons (Fsp3) is 0.263. The van der Waals surface area contributed by atoms with Crippen LogP contribution in [0.3, 0.4) is 0 Å². The van der Waals surface area contributed by atoms with E-state index in [0.29, 0.717) is 24.1 Å². The van der Waals surface area contributed by atoms with E-state index < -0.39 is 0 Å². The van der Waals surface area contributed by atoms with Crippen LogP contribution in [0.1, 0.15) is 41.0 Å². The lowest BCUT2D eigenvalue weighted by Gasteiger charge is -2.26. The van der Waals surface area contributed by atoms with Crippen molar-refractivity contribution >= 4 is 23.6 Å². The van der Waals surface area contributed by atoms with Crippen molar-refractivity contribution in [3.8, 4) is 0 Å². The Kier molecular flexibility index (Phi) is 4.45. The maximum absolute atomic E-state index is 13.0. The van der Waals surface area contributed by atoms with E-state index in [1.807, 2.05) is 0 Å². The first-order valence-electron chi connectivity index (χ1n) is 7.77. The lowest BCUT2D eigenvalue weighted by Crippen LogP contribution is -2.34. The second-order valence-electron chi connectivity index (χ2n) is 6.37. The van der Waals surface area contributed by atoms with E-state index in [-0.39, 0.29) is 22.4 Å². The second kappa shape index (κ2) is 6.40. The van der Waals surface area contributed by atoms with Crippen LogP contribution >= 0.6 is 11.8 Å². The summed E-state index contributed by atoms with van der Waals surface area (Å²) < 4.78 is 12.8. The summed E-state index contributed by atoms with van der Waals surface area (Å²) in [6.45, 7) is 4.48. The largest absolute Gasteiger partial charge is 0.274 e. The van der Waals surface area contributed by atoms with Gasteiger partial charge < -0.3 is 0 Å². The standard InChI is InChI=1S/C19H18FNO2S/c1-19(2,24-14-9-7-13(20)8-10-14)11-12-21-17(22)15-5-3-4-6-16(15)18(21)23/h3-10H,11-12H2,1-2H3. The number of thioether (sulfide) groups is 1. The van der Waals surface area contributed by atoms with Gasteiger partial charge in [0.05, 0.1) is 11.1 Å². The zero-order chi connectivity index (χ0) is 17.3. The van der Waals surface area contributed by atoms with E-state index >= 15 is 0 Å². The first kappa shape index (κ1) is 16.7. The van der Waals surface area contributed by atoms with Gasteiger partial charge >= 0.3 is 0 Å². The third-order valence-corrected chi connectivity index (χ3v) is 5.29. The molecule has 0 saturated carbocycles. The molecular weight excluding hydrogens is 325 g/mol. The van der Waals surface area contributed by atoms with Gasteiger partial charge in [-0.3, -0.25) is 14.5 Å². The van der Waals surface area contributed by atoms with Crippen molar-refractivity contribution in [2.45, 2.75) is 29.9 Å². The Balaban J connectivity index is 1.66. The first-order valence-corrected chi connectivity index (χ1v) is 8.59. The summed E-state index contributed by atoms with van der Waals surface area (Å²) in [5.74, 6) is -0.709. The van der Waals surface area contributed by atoms with E-state index in [1.165, 1.54) is 17.0 Å². The van der Waals surface area contributed by atoms with Crippen LogP contribution in [-0.2, 0) is 0 Å². The zero-order valence-corrected chi connectivity index (χ0v) is 14.4. The third kappa shape index (κ3) is 3.36. The van der Waals surface area contributed by atoms with Crippen molar-refractivity contribution in [3.05, 3.63) is 65.5 Å². The summed E-state index contributed by atoms with van der Waals surface area (Å²) >= 11 is 1.61. The van der Waals surface area contributed by atoms with Crippen LogP contribution in [0.2, 0.25) is 0 Å². The smallest absolute Gasteiger partial charge is 0.261 e. The minimum Gasteiger partial charge on any atom is -0.274 e. The highest BCUT2D eigenvalue weighted by molar-refractivity contribution is 8.00. The van der Waals surface area contributed by atoms with Gasteiger partial charge in [0, 0.05) is 16.2 Å². The highest BCUT2D eigenvalue weighted by Gasteiger charge is 2.35. The van der Waals surface area contributed by atoms with Crippen LogP contribution in [0.5, 0.6) is 0 Å². The number of benzene rings is 2. The lowest BCUT2D eigenvalue weighted by atomic mass is 10.1. The van der Waals surface area contributed by atoms with Crippen molar-refractivity contribution in [1.29, 1.82) is 0 Å². The maximum Gasteiger partial charge on any atom is 0.261 e. The maximum atomic E-state index is 13.0. The van der Waals surface area contributed by atoms with E-state index in [4.69, 9.17) is 0 Å². The van der Waals surface area contributed by atoms with Gasteiger partial charge in [0.15, 0.2) is 0 Å². The van der Waals surface area contributed by atoms with Crippen molar-refractivity contribution in [1.82, 2.24) is 4.90 Å². The first-order chi connectivity index (χ1) is 11.4. The van der Waals surface area contributed by atoms with Gasteiger partial charge in [0.1, 0.15) is 5.82 Å². The molecule has 124 valence electrons. The number of fused-ring (bicyclic) bond motifs is 1. The molecule has 2 aromatic carbocycles. The molecule has 3 rings (SSSR count). The quantitative estimate of drug-likeness (QED) is 0.597. The Morgan fingerprint density at radius 2 is 1.50 bits per heavy atom. The minimum atomic E-state index is -0.261. The molecule has 5 heteroatoms. The number of hydrogen-bond donors (Lipinski definition) is 0. The van der Waals surface area contributed by atoms with Crippen LogP contribution in [0.25, 0.3) is 0 Å². The molecule has 1 heterocycles. The Labute approximate surface area is 144 Å². The molecule has 0 spiro atoms. The van der Waals surface area contributed by atoms with Crippen LogP contribution < -0.4 is 0 Å². The van der Waals surface area contributed by atoms with Crippen molar-refractivity contribution < 1.29 is 14.0 Å². The molecule has 3 nitrogen and oxygen atoms in total. The van der Waals surface area contributed by atoms with Gasteiger partial charge in [0.2, 0.25) is 0 Å². The number of nitrogens with zero attached hydrogens (tertiary/aromatic N) is 1. The molecule has 24 heavy (non-hydrogen) atoms. The Morgan fingerprint density at radius 3 is 2.04 bits per heavy atom. The predicted octanol–water partition coefficient (Wildman–Crippen LogP) is 4.38. The Hall–Kier alpha value is -2.14. The van der Waals surface area contributed by atoms with Crippen molar-refractivity contribution in [3.63, 3.8) is 0 Å². The summed E-state index contributed by atoms with van der Waals surface area (Å²) in [6.07, 6.45) is 0.653. The highest BCUT2D eigenvalue weighted by atomic mass is 32.2. The van der Waals surface area contributed by atoms with Gasteiger partial charge in [-0.05, 0) is 42.8 Å². The molecule has 0 atom stereocenters. The summed E-state index contributed by atoms with van der Waals surface area (Å²) in [5.41, 5.74) is 0.956. The highest BCUT2D eigenvalue weighted by Crippen LogP contribution is 2.36. The molecule has 0 aromatic heterocycles. The number of carbonyl (C=O) groups excluding carboxylic acids is 2. The van der Waals surface area contributed by atoms with E-state index in [0.717, 1.165) is 4.90 Å². The molecule has 0 radical (unpaired) electrons. The number of halogens is 1. The SMILES string of the molecule is CC(C)(CCN1C(=O)c2ccccc2C1=O)Sc1ccc(F)cc1. The molecule has 0 fully saturated rings. The molecule has 2 aromatic rings. The summed E-state index contributed by atoms with van der Waals surface area (Å²) in [6, 6.07) is 13.3. The van der Waals surface area contributed by atoms with Gasteiger partial charge in [-0.1, -0.05) is 26.0 Å². The summed E-state index contributed by atoms with van der Waals surface area (Å²) in [7, 11) is 0. The predicted molar refractivity (Wildman–Crippen MR) is 92.8 cm³/mol. The summed E-state index contributed by atoms with van der Waals surface area (Å²) in [4.78, 5) is 27.0.